The number of ketones is 1. The minimum atomic E-state index is -0.739. The lowest BCUT2D eigenvalue weighted by atomic mass is 9.44. The second kappa shape index (κ2) is 10.6. The highest BCUT2D eigenvalue weighted by Gasteiger charge is 2.68. The molecule has 3 fully saturated rings. The Hall–Kier alpha value is -3.45. The van der Waals surface area contributed by atoms with Crippen molar-refractivity contribution in [2.24, 2.45) is 34.0 Å². The lowest BCUT2D eigenvalue weighted by molar-refractivity contribution is -0.192. The molecule has 3 saturated carbocycles. The molecule has 1 heterocycles. The lowest BCUT2D eigenvalue weighted by Gasteiger charge is -2.61. The maximum Gasteiger partial charge on any atom is 0.417 e. The van der Waals surface area contributed by atoms with Gasteiger partial charge < -0.3 is 15.2 Å². The molecule has 228 valence electrons. The predicted molar refractivity (Wildman–Crippen MR) is 165 cm³/mol. The van der Waals surface area contributed by atoms with E-state index < -0.39 is 29.1 Å². The predicted octanol–water partition coefficient (Wildman–Crippen LogP) is 6.75. The number of imide groups is 1. The number of anilines is 1. The number of nitrogens with one attached hydrogen (secondary N) is 1. The summed E-state index contributed by atoms with van der Waals surface area (Å²) in [5.41, 5.74) is 1.55. The van der Waals surface area contributed by atoms with Crippen LogP contribution in [0.1, 0.15) is 81.3 Å². The Morgan fingerprint density at radius 1 is 1.14 bits per heavy atom. The minimum absolute atomic E-state index is 0.102. The first-order valence-corrected chi connectivity index (χ1v) is 15.7. The van der Waals surface area contributed by atoms with Crippen LogP contribution in [0.25, 0.3) is 0 Å². The lowest BCUT2D eigenvalue weighted by Crippen LogP contribution is -2.63. The molecular formula is C36H44N2O5. The van der Waals surface area contributed by atoms with Crippen molar-refractivity contribution in [1.82, 2.24) is 4.90 Å². The Balaban J connectivity index is 1.28. The third-order valence-electron chi connectivity index (χ3n) is 12.0. The van der Waals surface area contributed by atoms with Crippen LogP contribution in [0.4, 0.5) is 10.5 Å². The second-order valence-corrected chi connectivity index (χ2v) is 14.1. The van der Waals surface area contributed by atoms with E-state index in [0.717, 1.165) is 36.1 Å². The van der Waals surface area contributed by atoms with Gasteiger partial charge in [-0.05, 0) is 72.3 Å². The molecule has 3 aliphatic carbocycles. The van der Waals surface area contributed by atoms with Gasteiger partial charge in [0.15, 0.2) is 0 Å². The number of aliphatic hydroxyl groups excluding tert-OH is 1. The van der Waals surface area contributed by atoms with Gasteiger partial charge in [-0.2, -0.15) is 0 Å². The summed E-state index contributed by atoms with van der Waals surface area (Å²) in [6, 6.07) is 15.6. The SMILES string of the molecule is C=C[C@]1(C)C[C@@H](OC(=O)N2Cc3cc(NCc4ccccc4)ccc3C2=O)[C@]2(C)[C@H](C)CC[C@]3(CCC(=O)[C@H]32)[C@@H](C)[C@@H]1O. The number of fused-ring (bicyclic) bond motifs is 1. The number of benzene rings is 2. The fourth-order valence-electron chi connectivity index (χ4n) is 9.06. The van der Waals surface area contributed by atoms with Crippen LogP contribution in [0, 0.1) is 34.0 Å². The van der Waals surface area contributed by atoms with Gasteiger partial charge in [0.1, 0.15) is 11.9 Å². The number of carbonyl (C=O) groups excluding carboxylic acids is 3. The summed E-state index contributed by atoms with van der Waals surface area (Å²) in [6.45, 7) is 13.2. The van der Waals surface area contributed by atoms with Crippen LogP contribution in [-0.2, 0) is 22.6 Å². The van der Waals surface area contributed by atoms with Crippen molar-refractivity contribution in [3.63, 3.8) is 0 Å². The molecule has 0 saturated heterocycles. The van der Waals surface area contributed by atoms with Crippen molar-refractivity contribution >= 4 is 23.5 Å². The van der Waals surface area contributed by atoms with E-state index in [0.29, 0.717) is 24.9 Å². The molecule has 4 aliphatic rings. The average Bonchev–Trinajstić information content (AvgIpc) is 3.54. The fraction of sp³-hybridized carbons (Fsp3) is 0.528. The van der Waals surface area contributed by atoms with E-state index in [4.69, 9.17) is 4.74 Å². The molecule has 7 heteroatoms. The molecule has 2 amide bonds. The normalized spacial score (nSPS) is 36.8. The Bertz CT molecular complexity index is 1460. The van der Waals surface area contributed by atoms with Crippen LogP contribution in [0.3, 0.4) is 0 Å². The highest BCUT2D eigenvalue weighted by Crippen LogP contribution is 2.68. The number of amides is 2. The third kappa shape index (κ3) is 4.54. The summed E-state index contributed by atoms with van der Waals surface area (Å²) in [5.74, 6) is -0.475. The average molecular weight is 585 g/mol. The van der Waals surface area contributed by atoms with Crippen LogP contribution in [0.5, 0.6) is 0 Å². The topological polar surface area (TPSA) is 95.9 Å². The van der Waals surface area contributed by atoms with Crippen molar-refractivity contribution in [2.75, 3.05) is 5.32 Å². The third-order valence-corrected chi connectivity index (χ3v) is 12.0. The number of hydrogen-bond donors (Lipinski definition) is 2. The summed E-state index contributed by atoms with van der Waals surface area (Å²) < 4.78 is 6.38. The van der Waals surface area contributed by atoms with Gasteiger partial charge in [-0.1, -0.05) is 64.1 Å². The summed E-state index contributed by atoms with van der Waals surface area (Å²) in [5, 5.41) is 15.2. The molecular weight excluding hydrogens is 540 g/mol. The second-order valence-electron chi connectivity index (χ2n) is 14.1. The van der Waals surface area contributed by atoms with Gasteiger partial charge in [-0.3, -0.25) is 9.59 Å². The Morgan fingerprint density at radius 3 is 2.60 bits per heavy atom. The number of Topliss-reactive ketones (excluding diaryl/α,β-unsaturated/α-hetero) is 1. The summed E-state index contributed by atoms with van der Waals surface area (Å²) in [6.07, 6.45) is 2.99. The highest BCUT2D eigenvalue weighted by atomic mass is 16.6. The molecule has 8 atom stereocenters. The summed E-state index contributed by atoms with van der Waals surface area (Å²) in [7, 11) is 0. The quantitative estimate of drug-likeness (QED) is 0.377. The van der Waals surface area contributed by atoms with Crippen molar-refractivity contribution in [1.29, 1.82) is 0 Å². The van der Waals surface area contributed by atoms with E-state index in [-0.39, 0.29) is 41.4 Å². The van der Waals surface area contributed by atoms with Crippen LogP contribution in [-0.4, -0.2) is 40.0 Å². The maximum absolute atomic E-state index is 13.9. The van der Waals surface area contributed by atoms with Crippen LogP contribution < -0.4 is 5.32 Å². The van der Waals surface area contributed by atoms with Gasteiger partial charge in [0.25, 0.3) is 5.91 Å². The molecule has 7 nitrogen and oxygen atoms in total. The molecule has 0 aromatic heterocycles. The van der Waals surface area contributed by atoms with Crippen molar-refractivity contribution in [2.45, 2.75) is 85.1 Å². The van der Waals surface area contributed by atoms with Crippen molar-refractivity contribution in [3.8, 4) is 0 Å². The fourth-order valence-corrected chi connectivity index (χ4v) is 9.06. The van der Waals surface area contributed by atoms with Crippen LogP contribution >= 0.6 is 0 Å². The minimum Gasteiger partial charge on any atom is -0.445 e. The first kappa shape index (κ1) is 29.6. The van der Waals surface area contributed by atoms with E-state index in [1.165, 1.54) is 4.90 Å². The van der Waals surface area contributed by atoms with E-state index in [9.17, 15) is 19.5 Å². The molecule has 43 heavy (non-hydrogen) atoms. The maximum atomic E-state index is 13.9. The molecule has 0 unspecified atom stereocenters. The van der Waals surface area contributed by atoms with Gasteiger partial charge in [0.2, 0.25) is 0 Å². The van der Waals surface area contributed by atoms with E-state index in [1.54, 1.807) is 12.1 Å². The Kier molecular flexibility index (Phi) is 7.31. The number of hydrogen-bond acceptors (Lipinski definition) is 6. The van der Waals surface area contributed by atoms with Crippen LogP contribution in [0.2, 0.25) is 0 Å². The van der Waals surface area contributed by atoms with Gasteiger partial charge >= 0.3 is 6.09 Å². The van der Waals surface area contributed by atoms with E-state index in [2.05, 4.69) is 32.7 Å². The van der Waals surface area contributed by atoms with Gasteiger partial charge in [0.05, 0.1) is 12.6 Å². The molecule has 6 rings (SSSR count). The monoisotopic (exact) mass is 584 g/mol. The molecule has 0 radical (unpaired) electrons. The van der Waals surface area contributed by atoms with E-state index >= 15 is 0 Å². The standard InChI is InChI=1S/C36H44N2O5/c1-6-34(4)19-29(35(5)22(2)14-16-36(23(3)31(34)40)17-15-28(39)30(35)36)43-33(42)38-21-25-18-26(12-13-27(25)32(38)41)37-20-24-10-8-7-9-11-24/h6-13,18,22-23,29-31,37,40H,1,14-17,19-21H2,2-5H3/t22-,23+,29-,30+,31+,34-,35+,36+/m1/s1. The zero-order chi connectivity index (χ0) is 30.7. The Labute approximate surface area is 254 Å². The Morgan fingerprint density at radius 2 is 1.88 bits per heavy atom. The number of rotatable bonds is 5. The summed E-state index contributed by atoms with van der Waals surface area (Å²) >= 11 is 0. The first-order chi connectivity index (χ1) is 20.4. The zero-order valence-electron chi connectivity index (χ0n) is 25.8. The van der Waals surface area contributed by atoms with Gasteiger partial charge in [-0.25, -0.2) is 9.69 Å². The zero-order valence-corrected chi connectivity index (χ0v) is 25.8. The van der Waals surface area contributed by atoms with Gasteiger partial charge in [0, 0.05) is 41.0 Å². The number of ether oxygens (including phenoxy) is 1. The summed E-state index contributed by atoms with van der Waals surface area (Å²) in [4.78, 5) is 42.2. The smallest absolute Gasteiger partial charge is 0.417 e. The number of nitrogens with zero attached hydrogens (tertiary/aromatic N) is 1. The molecule has 2 N–H and O–H groups in total. The van der Waals surface area contributed by atoms with Crippen LogP contribution in [0.15, 0.2) is 61.2 Å². The first-order valence-electron chi connectivity index (χ1n) is 15.7. The molecule has 1 aliphatic heterocycles. The highest BCUT2D eigenvalue weighted by molar-refractivity contribution is 6.06. The molecule has 0 spiro atoms. The molecule has 2 bridgehead atoms. The van der Waals surface area contributed by atoms with Crippen molar-refractivity contribution in [3.05, 3.63) is 77.9 Å². The largest absolute Gasteiger partial charge is 0.445 e. The van der Waals surface area contributed by atoms with Gasteiger partial charge in [-0.15, -0.1) is 6.58 Å². The van der Waals surface area contributed by atoms with Crippen molar-refractivity contribution < 1.29 is 24.2 Å². The number of aliphatic hydroxyl groups is 1. The van der Waals surface area contributed by atoms with E-state index in [1.807, 2.05) is 49.4 Å². The number of carbonyl (C=O) groups is 3. The molecule has 2 aromatic carbocycles. The molecule has 2 aromatic rings.